The molecule has 0 aromatic rings. The van der Waals surface area contributed by atoms with Crippen molar-refractivity contribution in [1.82, 2.24) is 10.6 Å². The molecule has 1 aliphatic rings. The van der Waals surface area contributed by atoms with Gasteiger partial charge >= 0.3 is 18.0 Å². The fraction of sp³-hybridized carbons (Fsp3) is 0.667. The van der Waals surface area contributed by atoms with Crippen LogP contribution in [0.5, 0.6) is 0 Å². The Bertz CT molecular complexity index is 276. The fourth-order valence-corrected chi connectivity index (χ4v) is 1.34. The zero-order valence-corrected chi connectivity index (χ0v) is 9.11. The van der Waals surface area contributed by atoms with E-state index in [0.717, 1.165) is 0 Å². The third-order valence-corrected chi connectivity index (χ3v) is 1.99. The third-order valence-electron chi connectivity index (χ3n) is 1.99. The molecule has 2 amide bonds. The van der Waals surface area contributed by atoms with Gasteiger partial charge in [-0.3, -0.25) is 0 Å². The van der Waals surface area contributed by atoms with Crippen LogP contribution in [-0.2, 0) is 19.1 Å². The van der Waals surface area contributed by atoms with E-state index in [1.54, 1.807) is 13.8 Å². The first-order valence-electron chi connectivity index (χ1n) is 5.00. The molecule has 0 aromatic carbocycles. The summed E-state index contributed by atoms with van der Waals surface area (Å²) < 4.78 is 9.46. The summed E-state index contributed by atoms with van der Waals surface area (Å²) in [4.78, 5) is 33.9. The van der Waals surface area contributed by atoms with Gasteiger partial charge in [0.05, 0.1) is 13.2 Å². The molecule has 1 fully saturated rings. The smallest absolute Gasteiger partial charge is 0.331 e. The van der Waals surface area contributed by atoms with Gasteiger partial charge in [-0.2, -0.15) is 0 Å². The predicted molar refractivity (Wildman–Crippen MR) is 52.5 cm³/mol. The molecule has 90 valence electrons. The van der Waals surface area contributed by atoms with Crippen molar-refractivity contribution >= 4 is 18.0 Å². The molecule has 0 bridgehead atoms. The van der Waals surface area contributed by atoms with Crippen molar-refractivity contribution in [3.8, 4) is 0 Å². The van der Waals surface area contributed by atoms with E-state index >= 15 is 0 Å². The van der Waals surface area contributed by atoms with Crippen LogP contribution < -0.4 is 10.6 Å². The number of urea groups is 1. The second-order valence-corrected chi connectivity index (χ2v) is 3.08. The van der Waals surface area contributed by atoms with Crippen LogP contribution in [0.25, 0.3) is 0 Å². The molecule has 0 aliphatic carbocycles. The van der Waals surface area contributed by atoms with Crippen LogP contribution in [0.15, 0.2) is 0 Å². The van der Waals surface area contributed by atoms with Crippen LogP contribution >= 0.6 is 0 Å². The standard InChI is InChI=1S/C9H14N2O5/c1-3-15-7(12)5-6(8(13)16-4-2)11-9(14)10-5/h5-6H,3-4H2,1-2H3,(H2,10,11,14)/t5-,6-/m0/s1. The summed E-state index contributed by atoms with van der Waals surface area (Å²) in [5.74, 6) is -1.31. The highest BCUT2D eigenvalue weighted by Crippen LogP contribution is 2.06. The quantitative estimate of drug-likeness (QED) is 0.614. The average molecular weight is 230 g/mol. The number of hydrogen-bond acceptors (Lipinski definition) is 5. The van der Waals surface area contributed by atoms with Crippen LogP contribution in [-0.4, -0.2) is 43.3 Å². The highest BCUT2D eigenvalue weighted by Gasteiger charge is 2.43. The van der Waals surface area contributed by atoms with E-state index in [9.17, 15) is 14.4 Å². The summed E-state index contributed by atoms with van der Waals surface area (Å²) in [5, 5.41) is 4.60. The largest absolute Gasteiger partial charge is 0.464 e. The van der Waals surface area contributed by atoms with Gasteiger partial charge < -0.3 is 20.1 Å². The Labute approximate surface area is 92.5 Å². The van der Waals surface area contributed by atoms with Crippen molar-refractivity contribution in [3.05, 3.63) is 0 Å². The van der Waals surface area contributed by atoms with Crippen molar-refractivity contribution in [2.45, 2.75) is 25.9 Å². The van der Waals surface area contributed by atoms with E-state index in [0.29, 0.717) is 0 Å². The molecule has 1 heterocycles. The van der Waals surface area contributed by atoms with Gasteiger partial charge in [0.1, 0.15) is 0 Å². The van der Waals surface area contributed by atoms with Gasteiger partial charge in [-0.25, -0.2) is 14.4 Å². The molecule has 0 spiro atoms. The maximum Gasteiger partial charge on any atom is 0.331 e. The lowest BCUT2D eigenvalue weighted by Crippen LogP contribution is -2.47. The Morgan fingerprint density at radius 1 is 1.06 bits per heavy atom. The Kier molecular flexibility index (Phi) is 4.10. The molecule has 0 radical (unpaired) electrons. The van der Waals surface area contributed by atoms with Crippen LogP contribution in [0.2, 0.25) is 0 Å². The topological polar surface area (TPSA) is 93.7 Å². The average Bonchev–Trinajstić information content (AvgIpc) is 2.61. The normalized spacial score (nSPS) is 23.2. The molecule has 2 atom stereocenters. The van der Waals surface area contributed by atoms with Crippen LogP contribution in [0.4, 0.5) is 4.79 Å². The van der Waals surface area contributed by atoms with E-state index in [1.807, 2.05) is 0 Å². The molecular formula is C9H14N2O5. The van der Waals surface area contributed by atoms with Crippen molar-refractivity contribution in [1.29, 1.82) is 0 Å². The first-order valence-corrected chi connectivity index (χ1v) is 5.00. The van der Waals surface area contributed by atoms with Crippen LogP contribution in [0.1, 0.15) is 13.8 Å². The molecule has 16 heavy (non-hydrogen) atoms. The first kappa shape index (κ1) is 12.3. The number of carbonyl (C=O) groups excluding carboxylic acids is 3. The lowest BCUT2D eigenvalue weighted by atomic mass is 10.1. The maximum atomic E-state index is 11.4. The van der Waals surface area contributed by atoms with Gasteiger partial charge in [0, 0.05) is 0 Å². The van der Waals surface area contributed by atoms with Gasteiger partial charge in [-0.05, 0) is 13.8 Å². The summed E-state index contributed by atoms with van der Waals surface area (Å²) in [5.41, 5.74) is 0. The maximum absolute atomic E-state index is 11.4. The van der Waals surface area contributed by atoms with Gasteiger partial charge in [-0.1, -0.05) is 0 Å². The molecule has 1 aliphatic heterocycles. The van der Waals surface area contributed by atoms with E-state index in [4.69, 9.17) is 9.47 Å². The highest BCUT2D eigenvalue weighted by atomic mass is 16.5. The molecule has 0 aromatic heterocycles. The molecule has 2 N–H and O–H groups in total. The van der Waals surface area contributed by atoms with Gasteiger partial charge in [0.15, 0.2) is 12.1 Å². The van der Waals surface area contributed by atoms with Gasteiger partial charge in [0.25, 0.3) is 0 Å². The Morgan fingerprint density at radius 2 is 1.44 bits per heavy atom. The zero-order valence-electron chi connectivity index (χ0n) is 9.11. The predicted octanol–water partition coefficient (Wildman–Crippen LogP) is -0.837. The Balaban J connectivity index is 2.69. The molecule has 1 rings (SSSR count). The van der Waals surface area contributed by atoms with E-state index in [2.05, 4.69) is 10.6 Å². The van der Waals surface area contributed by atoms with Crippen molar-refractivity contribution in [2.75, 3.05) is 13.2 Å². The molecule has 0 unspecified atom stereocenters. The lowest BCUT2D eigenvalue weighted by molar-refractivity contribution is -0.153. The molecule has 7 heteroatoms. The lowest BCUT2D eigenvalue weighted by Gasteiger charge is -2.15. The van der Waals surface area contributed by atoms with E-state index < -0.39 is 30.1 Å². The number of ether oxygens (including phenoxy) is 2. The molecule has 1 saturated heterocycles. The molecule has 7 nitrogen and oxygen atoms in total. The SMILES string of the molecule is CCOC(=O)[C@H]1NC(=O)N[C@@H]1C(=O)OCC. The fourth-order valence-electron chi connectivity index (χ4n) is 1.34. The Morgan fingerprint density at radius 3 is 1.75 bits per heavy atom. The van der Waals surface area contributed by atoms with Gasteiger partial charge in [0.2, 0.25) is 0 Å². The minimum absolute atomic E-state index is 0.181. The monoisotopic (exact) mass is 230 g/mol. The van der Waals surface area contributed by atoms with E-state index in [1.165, 1.54) is 0 Å². The number of amides is 2. The summed E-state index contributed by atoms with van der Waals surface area (Å²) in [6.07, 6.45) is 0. The first-order chi connectivity index (χ1) is 7.60. The van der Waals surface area contributed by atoms with Crippen LogP contribution in [0.3, 0.4) is 0 Å². The number of carbonyl (C=O) groups is 3. The third kappa shape index (κ3) is 2.62. The van der Waals surface area contributed by atoms with E-state index in [-0.39, 0.29) is 13.2 Å². The minimum Gasteiger partial charge on any atom is -0.464 e. The van der Waals surface area contributed by atoms with Crippen LogP contribution in [0, 0.1) is 0 Å². The van der Waals surface area contributed by atoms with Crippen molar-refractivity contribution < 1.29 is 23.9 Å². The van der Waals surface area contributed by atoms with Crippen molar-refractivity contribution in [2.24, 2.45) is 0 Å². The number of esters is 2. The highest BCUT2D eigenvalue weighted by molar-refractivity contribution is 5.96. The molecule has 0 saturated carbocycles. The minimum atomic E-state index is -1.02. The summed E-state index contributed by atoms with van der Waals surface area (Å²) in [6.45, 7) is 3.64. The molecular weight excluding hydrogens is 216 g/mol. The number of rotatable bonds is 4. The summed E-state index contributed by atoms with van der Waals surface area (Å²) >= 11 is 0. The second kappa shape index (κ2) is 5.34. The summed E-state index contributed by atoms with van der Waals surface area (Å²) in [7, 11) is 0. The summed E-state index contributed by atoms with van der Waals surface area (Å²) in [6, 6.07) is -2.63. The number of nitrogens with one attached hydrogen (secondary N) is 2. The number of hydrogen-bond donors (Lipinski definition) is 2. The Hall–Kier alpha value is -1.79. The second-order valence-electron chi connectivity index (χ2n) is 3.08. The van der Waals surface area contributed by atoms with Gasteiger partial charge in [-0.15, -0.1) is 0 Å². The van der Waals surface area contributed by atoms with Crippen molar-refractivity contribution in [3.63, 3.8) is 0 Å². The zero-order chi connectivity index (χ0) is 12.1.